The predicted octanol–water partition coefficient (Wildman–Crippen LogP) is 4.00. The summed E-state index contributed by atoms with van der Waals surface area (Å²) < 4.78 is 0. The number of phenols is 1. The number of alkyl halides is 1. The summed E-state index contributed by atoms with van der Waals surface area (Å²) in [6.07, 6.45) is 0.840. The van der Waals surface area contributed by atoms with Gasteiger partial charge < -0.3 is 5.11 Å². The first-order valence-electron chi connectivity index (χ1n) is 5.24. The molecule has 2 rings (SSSR count). The first-order valence-corrected chi connectivity index (χ1v) is 6.36. The number of hydrogen-bond donors (Lipinski definition) is 1. The smallest absolute Gasteiger partial charge is 0.118 e. The van der Waals surface area contributed by atoms with Crippen molar-refractivity contribution in [3.8, 4) is 16.9 Å². The fourth-order valence-corrected chi connectivity index (χ4v) is 2.12. The molecule has 0 aromatic heterocycles. The minimum Gasteiger partial charge on any atom is -0.508 e. The second-order valence-corrected chi connectivity index (χ2v) is 4.44. The second kappa shape index (κ2) is 5.17. The van der Waals surface area contributed by atoms with Crippen LogP contribution in [-0.4, -0.2) is 10.4 Å². The van der Waals surface area contributed by atoms with E-state index in [9.17, 15) is 5.11 Å². The van der Waals surface area contributed by atoms with Crippen LogP contribution in [0.5, 0.6) is 5.75 Å². The molecule has 0 unspecified atom stereocenters. The maximum absolute atomic E-state index is 9.69. The first kappa shape index (κ1) is 11.2. The minimum atomic E-state index is 0.374. The van der Waals surface area contributed by atoms with Crippen LogP contribution in [0.15, 0.2) is 48.5 Å². The van der Waals surface area contributed by atoms with Gasteiger partial charge in [-0.15, -0.1) is 0 Å². The van der Waals surface area contributed by atoms with E-state index in [4.69, 9.17) is 0 Å². The van der Waals surface area contributed by atoms with Gasteiger partial charge in [-0.1, -0.05) is 52.3 Å². The van der Waals surface area contributed by atoms with Crippen LogP contribution in [0.2, 0.25) is 0 Å². The molecule has 2 aromatic rings. The van der Waals surface area contributed by atoms with Crippen LogP contribution < -0.4 is 0 Å². The van der Waals surface area contributed by atoms with Crippen molar-refractivity contribution >= 4 is 15.9 Å². The van der Waals surface area contributed by atoms with Gasteiger partial charge in [0, 0.05) is 5.33 Å². The summed E-state index contributed by atoms with van der Waals surface area (Å²) in [4.78, 5) is 0. The molecule has 82 valence electrons. The van der Waals surface area contributed by atoms with Crippen molar-refractivity contribution < 1.29 is 5.11 Å². The van der Waals surface area contributed by atoms with Crippen LogP contribution >= 0.6 is 15.9 Å². The molecule has 0 heterocycles. The molecule has 0 aliphatic rings. The quantitative estimate of drug-likeness (QED) is 0.841. The van der Waals surface area contributed by atoms with Gasteiger partial charge in [0.15, 0.2) is 0 Å². The average Bonchev–Trinajstić information content (AvgIpc) is 2.33. The normalized spacial score (nSPS) is 10.3. The number of phenolic OH excluding ortho intramolecular Hbond substituents is 1. The molecular formula is C14H13BrO. The maximum atomic E-state index is 9.69. The summed E-state index contributed by atoms with van der Waals surface area (Å²) in [7, 11) is 0. The third-order valence-electron chi connectivity index (χ3n) is 2.55. The molecule has 0 atom stereocenters. The number of benzene rings is 2. The van der Waals surface area contributed by atoms with Gasteiger partial charge in [-0.05, 0) is 35.2 Å². The van der Waals surface area contributed by atoms with Gasteiger partial charge in [0.05, 0.1) is 0 Å². The van der Waals surface area contributed by atoms with E-state index < -0.39 is 0 Å². The molecule has 1 nitrogen and oxygen atoms in total. The topological polar surface area (TPSA) is 20.2 Å². The Hall–Kier alpha value is -1.28. The van der Waals surface area contributed by atoms with Crippen LogP contribution in [0.1, 0.15) is 5.56 Å². The second-order valence-electron chi connectivity index (χ2n) is 3.65. The van der Waals surface area contributed by atoms with Gasteiger partial charge in [0.2, 0.25) is 0 Å². The van der Waals surface area contributed by atoms with E-state index in [1.165, 1.54) is 5.56 Å². The fourth-order valence-electron chi connectivity index (χ4n) is 1.70. The Labute approximate surface area is 104 Å². The van der Waals surface area contributed by atoms with E-state index in [0.717, 1.165) is 22.9 Å². The van der Waals surface area contributed by atoms with Crippen molar-refractivity contribution in [1.82, 2.24) is 0 Å². The number of halogens is 1. The molecule has 0 amide bonds. The molecule has 0 spiro atoms. The summed E-state index contributed by atoms with van der Waals surface area (Å²) >= 11 is 3.39. The van der Waals surface area contributed by atoms with Crippen molar-refractivity contribution in [3.05, 3.63) is 54.1 Å². The first-order chi connectivity index (χ1) is 7.81. The summed E-state index contributed by atoms with van der Waals surface area (Å²) in [6, 6.07) is 15.9. The average molecular weight is 277 g/mol. The van der Waals surface area contributed by atoms with Crippen LogP contribution in [0, 0.1) is 0 Å². The lowest BCUT2D eigenvalue weighted by molar-refractivity contribution is 0.469. The molecule has 2 heteroatoms. The fraction of sp³-hybridized carbons (Fsp3) is 0.143. The Morgan fingerprint density at radius 2 is 1.69 bits per heavy atom. The molecule has 16 heavy (non-hydrogen) atoms. The minimum absolute atomic E-state index is 0.374. The van der Waals surface area contributed by atoms with Gasteiger partial charge in [-0.25, -0.2) is 0 Å². The van der Waals surface area contributed by atoms with Gasteiger partial charge in [-0.3, -0.25) is 0 Å². The molecule has 2 aromatic carbocycles. The van der Waals surface area contributed by atoms with Crippen LogP contribution in [0.25, 0.3) is 11.1 Å². The zero-order valence-corrected chi connectivity index (χ0v) is 10.4. The summed E-state index contributed by atoms with van der Waals surface area (Å²) in [5, 5.41) is 10.6. The van der Waals surface area contributed by atoms with Gasteiger partial charge in [0.1, 0.15) is 5.75 Å². The highest BCUT2D eigenvalue weighted by atomic mass is 79.9. The van der Waals surface area contributed by atoms with Crippen molar-refractivity contribution in [1.29, 1.82) is 0 Å². The molecule has 0 radical (unpaired) electrons. The lowest BCUT2D eigenvalue weighted by atomic mass is 10.0. The Morgan fingerprint density at radius 3 is 2.38 bits per heavy atom. The van der Waals surface area contributed by atoms with Crippen LogP contribution in [-0.2, 0) is 6.42 Å². The third kappa shape index (κ3) is 2.45. The highest BCUT2D eigenvalue weighted by Crippen LogP contribution is 2.26. The van der Waals surface area contributed by atoms with E-state index in [-0.39, 0.29) is 0 Å². The van der Waals surface area contributed by atoms with Gasteiger partial charge in [-0.2, -0.15) is 0 Å². The maximum Gasteiger partial charge on any atom is 0.118 e. The van der Waals surface area contributed by atoms with E-state index in [1.54, 1.807) is 6.07 Å². The van der Waals surface area contributed by atoms with E-state index >= 15 is 0 Å². The van der Waals surface area contributed by atoms with Crippen molar-refractivity contribution in [3.63, 3.8) is 0 Å². The summed E-state index contributed by atoms with van der Waals surface area (Å²) in [6.45, 7) is 0. The Bertz CT molecular complexity index is 465. The standard InChI is InChI=1S/C14H13BrO/c15-9-8-13-10-12(6-7-14(13)16)11-4-2-1-3-5-11/h1-7,10,16H,8-9H2. The SMILES string of the molecule is Oc1ccc(-c2ccccc2)cc1CCBr. The van der Waals surface area contributed by atoms with E-state index in [0.29, 0.717) is 5.75 Å². The number of hydrogen-bond acceptors (Lipinski definition) is 1. The zero-order valence-electron chi connectivity index (χ0n) is 8.86. The van der Waals surface area contributed by atoms with E-state index in [2.05, 4.69) is 28.1 Å². The molecule has 0 saturated carbocycles. The number of aryl methyl sites for hydroxylation is 1. The van der Waals surface area contributed by atoms with Crippen LogP contribution in [0.3, 0.4) is 0 Å². The van der Waals surface area contributed by atoms with Crippen molar-refractivity contribution in [2.75, 3.05) is 5.33 Å². The number of rotatable bonds is 3. The van der Waals surface area contributed by atoms with Gasteiger partial charge >= 0.3 is 0 Å². The summed E-state index contributed by atoms with van der Waals surface area (Å²) in [5.41, 5.74) is 3.31. The van der Waals surface area contributed by atoms with E-state index in [1.807, 2.05) is 30.3 Å². The lowest BCUT2D eigenvalue weighted by Gasteiger charge is -2.06. The summed E-state index contributed by atoms with van der Waals surface area (Å²) in [5.74, 6) is 0.374. The Balaban J connectivity index is 2.40. The Morgan fingerprint density at radius 1 is 0.938 bits per heavy atom. The molecule has 0 saturated heterocycles. The highest BCUT2D eigenvalue weighted by Gasteiger charge is 2.03. The molecule has 0 aliphatic carbocycles. The van der Waals surface area contributed by atoms with Crippen molar-refractivity contribution in [2.45, 2.75) is 6.42 Å². The molecule has 0 bridgehead atoms. The number of aromatic hydroxyl groups is 1. The van der Waals surface area contributed by atoms with Crippen molar-refractivity contribution in [2.24, 2.45) is 0 Å². The van der Waals surface area contributed by atoms with Gasteiger partial charge in [0.25, 0.3) is 0 Å². The molecule has 0 fully saturated rings. The third-order valence-corrected chi connectivity index (χ3v) is 2.95. The monoisotopic (exact) mass is 276 g/mol. The Kier molecular flexibility index (Phi) is 3.62. The largest absolute Gasteiger partial charge is 0.508 e. The molecule has 0 aliphatic heterocycles. The van der Waals surface area contributed by atoms with Crippen LogP contribution in [0.4, 0.5) is 0 Å². The predicted molar refractivity (Wildman–Crippen MR) is 71.0 cm³/mol. The molecule has 1 N–H and O–H groups in total. The lowest BCUT2D eigenvalue weighted by Crippen LogP contribution is -1.88. The molecular weight excluding hydrogens is 264 g/mol. The highest BCUT2D eigenvalue weighted by molar-refractivity contribution is 9.09. The zero-order chi connectivity index (χ0) is 11.4.